The standard InChI is InChI=1S/C21H21ClF3NO4S/c1-20(30-2,19(28)29)9-8-18(26-12-27)16-7-6-15(11-17(16)22)31-14-5-3-4-13(10-14)21(23,24)25/h3-7,10-12,18H,8-9H2,1-2H3,(H,26,27)(H,28,29). The Balaban J connectivity index is 2.21. The van der Waals surface area contributed by atoms with Crippen molar-refractivity contribution in [3.63, 3.8) is 0 Å². The number of alkyl halides is 3. The smallest absolute Gasteiger partial charge is 0.416 e. The van der Waals surface area contributed by atoms with Crippen molar-refractivity contribution >= 4 is 35.7 Å². The summed E-state index contributed by atoms with van der Waals surface area (Å²) in [6.45, 7) is 1.43. The fraction of sp³-hybridized carbons (Fsp3) is 0.333. The van der Waals surface area contributed by atoms with E-state index >= 15 is 0 Å². The van der Waals surface area contributed by atoms with Gasteiger partial charge in [0.2, 0.25) is 6.41 Å². The molecule has 0 heterocycles. The number of halogens is 4. The first kappa shape index (κ1) is 25.0. The van der Waals surface area contributed by atoms with E-state index in [0.29, 0.717) is 26.8 Å². The second kappa shape index (κ2) is 10.4. The predicted octanol–water partition coefficient (Wildman–Crippen LogP) is 5.57. The van der Waals surface area contributed by atoms with Gasteiger partial charge in [0.1, 0.15) is 0 Å². The third-order valence-corrected chi connectivity index (χ3v) is 6.13. The second-order valence-corrected chi connectivity index (χ2v) is 8.48. The van der Waals surface area contributed by atoms with Gasteiger partial charge in [-0.15, -0.1) is 0 Å². The second-order valence-electron chi connectivity index (χ2n) is 6.93. The number of amides is 1. The van der Waals surface area contributed by atoms with Crippen LogP contribution in [0.4, 0.5) is 13.2 Å². The number of hydrogen-bond donors (Lipinski definition) is 2. The molecule has 0 spiro atoms. The lowest BCUT2D eigenvalue weighted by atomic mass is 9.93. The van der Waals surface area contributed by atoms with Gasteiger partial charge in [-0.2, -0.15) is 13.2 Å². The summed E-state index contributed by atoms with van der Waals surface area (Å²) in [6, 6.07) is 9.32. The van der Waals surface area contributed by atoms with Crippen molar-refractivity contribution in [2.45, 2.75) is 47.4 Å². The molecule has 0 bridgehead atoms. The van der Waals surface area contributed by atoms with Crippen molar-refractivity contribution in [3.05, 3.63) is 58.6 Å². The van der Waals surface area contributed by atoms with Crippen molar-refractivity contribution in [2.24, 2.45) is 0 Å². The molecule has 0 aliphatic rings. The molecule has 2 aromatic rings. The highest BCUT2D eigenvalue weighted by atomic mass is 35.5. The zero-order valence-electron chi connectivity index (χ0n) is 16.7. The molecule has 0 saturated carbocycles. The summed E-state index contributed by atoms with van der Waals surface area (Å²) >= 11 is 7.50. The number of carboxylic acids is 1. The first-order valence-corrected chi connectivity index (χ1v) is 10.3. The molecule has 2 atom stereocenters. The molecule has 2 aromatic carbocycles. The highest BCUT2D eigenvalue weighted by Gasteiger charge is 2.34. The Morgan fingerprint density at radius 3 is 2.48 bits per heavy atom. The van der Waals surface area contributed by atoms with Gasteiger partial charge in [0, 0.05) is 21.9 Å². The maximum atomic E-state index is 12.9. The maximum absolute atomic E-state index is 12.9. The van der Waals surface area contributed by atoms with E-state index in [9.17, 15) is 27.9 Å². The first-order chi connectivity index (χ1) is 14.5. The van der Waals surface area contributed by atoms with Crippen LogP contribution in [-0.4, -0.2) is 30.2 Å². The Kier molecular flexibility index (Phi) is 8.39. The molecule has 2 unspecified atom stereocenters. The summed E-state index contributed by atoms with van der Waals surface area (Å²) in [5, 5.41) is 12.3. The quantitative estimate of drug-likeness (QED) is 0.439. The summed E-state index contributed by atoms with van der Waals surface area (Å²) in [7, 11) is 1.29. The predicted molar refractivity (Wildman–Crippen MR) is 111 cm³/mol. The van der Waals surface area contributed by atoms with Crippen LogP contribution in [0.15, 0.2) is 52.3 Å². The van der Waals surface area contributed by atoms with E-state index in [1.165, 1.54) is 20.1 Å². The van der Waals surface area contributed by atoms with Crippen molar-refractivity contribution in [3.8, 4) is 0 Å². The van der Waals surface area contributed by atoms with Crippen LogP contribution in [0.1, 0.15) is 36.9 Å². The van der Waals surface area contributed by atoms with Gasteiger partial charge in [0.05, 0.1) is 11.6 Å². The van der Waals surface area contributed by atoms with Crippen molar-refractivity contribution in [2.75, 3.05) is 7.11 Å². The summed E-state index contributed by atoms with van der Waals surface area (Å²) in [6.07, 6.45) is -3.58. The molecule has 0 saturated heterocycles. The molecule has 1 amide bonds. The molecule has 31 heavy (non-hydrogen) atoms. The van der Waals surface area contributed by atoms with Gasteiger partial charge >= 0.3 is 12.1 Å². The largest absolute Gasteiger partial charge is 0.479 e. The highest BCUT2D eigenvalue weighted by Crippen LogP contribution is 2.37. The van der Waals surface area contributed by atoms with E-state index in [1.54, 1.807) is 24.3 Å². The van der Waals surface area contributed by atoms with Gasteiger partial charge in [0.25, 0.3) is 0 Å². The Labute approximate surface area is 186 Å². The molecule has 0 aromatic heterocycles. The molecular formula is C21H21ClF3NO4S. The summed E-state index contributed by atoms with van der Waals surface area (Å²) in [5.74, 6) is -1.13. The van der Waals surface area contributed by atoms with E-state index < -0.39 is 29.4 Å². The van der Waals surface area contributed by atoms with Crippen LogP contribution in [0, 0.1) is 0 Å². The molecule has 2 N–H and O–H groups in total. The molecule has 168 valence electrons. The Morgan fingerprint density at radius 2 is 1.94 bits per heavy atom. The van der Waals surface area contributed by atoms with Crippen LogP contribution < -0.4 is 5.32 Å². The van der Waals surface area contributed by atoms with Crippen LogP contribution in [-0.2, 0) is 20.5 Å². The number of nitrogens with one attached hydrogen (secondary N) is 1. The molecule has 2 rings (SSSR count). The zero-order chi connectivity index (χ0) is 23.2. The van der Waals surface area contributed by atoms with E-state index in [0.717, 1.165) is 23.9 Å². The normalized spacial score (nSPS) is 14.5. The fourth-order valence-electron chi connectivity index (χ4n) is 2.85. The van der Waals surface area contributed by atoms with Gasteiger partial charge in [0.15, 0.2) is 5.60 Å². The fourth-order valence-corrected chi connectivity index (χ4v) is 4.15. The summed E-state index contributed by atoms with van der Waals surface area (Å²) in [5.41, 5.74) is -1.60. The van der Waals surface area contributed by atoms with E-state index in [-0.39, 0.29) is 12.8 Å². The van der Waals surface area contributed by atoms with Gasteiger partial charge in [-0.3, -0.25) is 4.79 Å². The van der Waals surface area contributed by atoms with Crippen molar-refractivity contribution in [1.82, 2.24) is 5.32 Å². The van der Waals surface area contributed by atoms with Crippen LogP contribution in [0.25, 0.3) is 0 Å². The Hall–Kier alpha value is -2.23. The SMILES string of the molecule is COC(C)(CCC(NC=O)c1ccc(Sc2cccc(C(F)(F)F)c2)cc1Cl)C(=O)O. The number of carbonyl (C=O) groups is 2. The number of carboxylic acid groups (broad SMARTS) is 1. The number of methoxy groups -OCH3 is 1. The number of hydrogen-bond acceptors (Lipinski definition) is 4. The van der Waals surface area contributed by atoms with Gasteiger partial charge in [-0.25, -0.2) is 4.79 Å². The van der Waals surface area contributed by atoms with Crippen LogP contribution in [0.2, 0.25) is 5.02 Å². The topological polar surface area (TPSA) is 75.6 Å². The number of ether oxygens (including phenoxy) is 1. The van der Waals surface area contributed by atoms with Crippen LogP contribution in [0.3, 0.4) is 0 Å². The number of rotatable bonds is 10. The first-order valence-electron chi connectivity index (χ1n) is 9.13. The lowest BCUT2D eigenvalue weighted by Gasteiger charge is -2.26. The minimum Gasteiger partial charge on any atom is -0.479 e. The number of benzene rings is 2. The molecule has 0 fully saturated rings. The Bertz CT molecular complexity index is 941. The molecule has 0 radical (unpaired) electrons. The average Bonchev–Trinajstić information content (AvgIpc) is 2.70. The lowest BCUT2D eigenvalue weighted by Crippen LogP contribution is -2.38. The van der Waals surface area contributed by atoms with E-state index in [1.807, 2.05) is 0 Å². The minimum absolute atomic E-state index is 0.113. The van der Waals surface area contributed by atoms with Crippen LogP contribution in [0.5, 0.6) is 0 Å². The molecule has 0 aliphatic carbocycles. The third kappa shape index (κ3) is 6.62. The number of aliphatic carboxylic acids is 1. The lowest BCUT2D eigenvalue weighted by molar-refractivity contribution is -0.161. The highest BCUT2D eigenvalue weighted by molar-refractivity contribution is 7.99. The van der Waals surface area contributed by atoms with Gasteiger partial charge in [-0.1, -0.05) is 35.5 Å². The zero-order valence-corrected chi connectivity index (χ0v) is 18.3. The summed E-state index contributed by atoms with van der Waals surface area (Å²) in [4.78, 5) is 23.5. The Morgan fingerprint density at radius 1 is 1.26 bits per heavy atom. The van der Waals surface area contributed by atoms with Gasteiger partial charge < -0.3 is 15.2 Å². The summed E-state index contributed by atoms with van der Waals surface area (Å²) < 4.78 is 43.8. The monoisotopic (exact) mass is 475 g/mol. The minimum atomic E-state index is -4.43. The van der Waals surface area contributed by atoms with Crippen molar-refractivity contribution in [1.29, 1.82) is 0 Å². The van der Waals surface area contributed by atoms with Crippen molar-refractivity contribution < 1.29 is 32.6 Å². The molecule has 10 heteroatoms. The van der Waals surface area contributed by atoms with Gasteiger partial charge in [-0.05, 0) is 55.7 Å². The van der Waals surface area contributed by atoms with Crippen LogP contribution >= 0.6 is 23.4 Å². The maximum Gasteiger partial charge on any atom is 0.416 e. The number of carbonyl (C=O) groups excluding carboxylic acids is 1. The molecule has 5 nitrogen and oxygen atoms in total. The molecule has 0 aliphatic heterocycles. The molecular weight excluding hydrogens is 455 g/mol. The van der Waals surface area contributed by atoms with E-state index in [2.05, 4.69) is 5.32 Å². The average molecular weight is 476 g/mol. The van der Waals surface area contributed by atoms with E-state index in [4.69, 9.17) is 16.3 Å². The third-order valence-electron chi connectivity index (χ3n) is 4.83.